The average Bonchev–Trinajstić information content (AvgIpc) is 2.10. The molecule has 0 bridgehead atoms. The normalized spacial score (nSPS) is 12.9. The second-order valence-corrected chi connectivity index (χ2v) is 2.39. The summed E-state index contributed by atoms with van der Waals surface area (Å²) in [4.78, 5) is 3.82. The molecule has 0 saturated carbocycles. The SMILES string of the molecule is CNC(CO)c1ncccc1F. The Kier molecular flexibility index (Phi) is 3.13. The maximum atomic E-state index is 13.0. The highest BCUT2D eigenvalue weighted by molar-refractivity contribution is 5.11. The molecular formula is C8H11FN2O. The summed E-state index contributed by atoms with van der Waals surface area (Å²) in [7, 11) is 1.65. The lowest BCUT2D eigenvalue weighted by Crippen LogP contribution is -2.22. The quantitative estimate of drug-likeness (QED) is 0.693. The highest BCUT2D eigenvalue weighted by Crippen LogP contribution is 2.11. The minimum absolute atomic E-state index is 0.162. The van der Waals surface area contributed by atoms with Gasteiger partial charge in [-0.05, 0) is 19.2 Å². The van der Waals surface area contributed by atoms with Crippen LogP contribution in [-0.4, -0.2) is 23.7 Å². The molecule has 1 atom stereocenters. The van der Waals surface area contributed by atoms with E-state index in [4.69, 9.17) is 5.11 Å². The monoisotopic (exact) mass is 170 g/mol. The van der Waals surface area contributed by atoms with E-state index in [2.05, 4.69) is 10.3 Å². The van der Waals surface area contributed by atoms with E-state index < -0.39 is 11.9 Å². The van der Waals surface area contributed by atoms with E-state index in [1.54, 1.807) is 7.05 Å². The lowest BCUT2D eigenvalue weighted by Gasteiger charge is -2.12. The van der Waals surface area contributed by atoms with E-state index in [-0.39, 0.29) is 12.3 Å². The van der Waals surface area contributed by atoms with Crippen LogP contribution < -0.4 is 5.32 Å². The van der Waals surface area contributed by atoms with Crippen molar-refractivity contribution in [1.82, 2.24) is 10.3 Å². The highest BCUT2D eigenvalue weighted by atomic mass is 19.1. The van der Waals surface area contributed by atoms with Crippen LogP contribution in [0.2, 0.25) is 0 Å². The smallest absolute Gasteiger partial charge is 0.146 e. The van der Waals surface area contributed by atoms with Crippen LogP contribution in [-0.2, 0) is 0 Å². The molecule has 66 valence electrons. The summed E-state index contributed by atoms with van der Waals surface area (Å²) >= 11 is 0. The fraction of sp³-hybridized carbons (Fsp3) is 0.375. The number of rotatable bonds is 3. The van der Waals surface area contributed by atoms with Gasteiger partial charge >= 0.3 is 0 Å². The zero-order valence-electron chi connectivity index (χ0n) is 6.79. The largest absolute Gasteiger partial charge is 0.394 e. The molecule has 0 aliphatic carbocycles. The number of nitrogens with one attached hydrogen (secondary N) is 1. The molecule has 0 amide bonds. The van der Waals surface area contributed by atoms with Gasteiger partial charge in [0.05, 0.1) is 18.3 Å². The summed E-state index contributed by atoms with van der Waals surface area (Å²) in [5.41, 5.74) is 0.252. The van der Waals surface area contributed by atoms with Crippen molar-refractivity contribution >= 4 is 0 Å². The third kappa shape index (κ3) is 1.78. The van der Waals surface area contributed by atoms with Gasteiger partial charge in [-0.25, -0.2) is 4.39 Å². The molecule has 0 saturated heterocycles. The summed E-state index contributed by atoms with van der Waals surface area (Å²) in [5, 5.41) is 11.6. The molecule has 2 N–H and O–H groups in total. The Morgan fingerprint density at radius 2 is 2.50 bits per heavy atom. The average molecular weight is 170 g/mol. The van der Waals surface area contributed by atoms with Gasteiger partial charge in [-0.15, -0.1) is 0 Å². The first-order chi connectivity index (χ1) is 5.79. The predicted molar refractivity (Wildman–Crippen MR) is 43.1 cm³/mol. The van der Waals surface area contributed by atoms with Crippen molar-refractivity contribution in [2.75, 3.05) is 13.7 Å². The van der Waals surface area contributed by atoms with Crippen LogP contribution >= 0.6 is 0 Å². The second kappa shape index (κ2) is 4.13. The Morgan fingerprint density at radius 3 is 3.00 bits per heavy atom. The molecule has 0 aliphatic heterocycles. The van der Waals surface area contributed by atoms with Crippen LogP contribution in [0.5, 0.6) is 0 Å². The number of aliphatic hydroxyl groups is 1. The van der Waals surface area contributed by atoms with E-state index in [1.165, 1.54) is 18.3 Å². The molecule has 0 aromatic carbocycles. The number of hydrogen-bond acceptors (Lipinski definition) is 3. The molecule has 0 aliphatic rings. The summed E-state index contributed by atoms with van der Waals surface area (Å²) in [6, 6.07) is 2.41. The van der Waals surface area contributed by atoms with E-state index in [1.807, 2.05) is 0 Å². The summed E-state index contributed by atoms with van der Waals surface area (Å²) < 4.78 is 13.0. The van der Waals surface area contributed by atoms with Crippen molar-refractivity contribution in [2.45, 2.75) is 6.04 Å². The maximum absolute atomic E-state index is 13.0. The van der Waals surface area contributed by atoms with Gasteiger partial charge < -0.3 is 10.4 Å². The minimum atomic E-state index is -0.425. The molecule has 12 heavy (non-hydrogen) atoms. The Bertz CT molecular complexity index is 251. The molecule has 4 heteroatoms. The summed E-state index contributed by atoms with van der Waals surface area (Å²) in [5.74, 6) is -0.397. The number of aliphatic hydroxyl groups excluding tert-OH is 1. The van der Waals surface area contributed by atoms with E-state index in [0.717, 1.165) is 0 Å². The molecule has 0 spiro atoms. The standard InChI is InChI=1S/C8H11FN2O/c1-10-7(5-12)8-6(9)3-2-4-11-8/h2-4,7,10,12H,5H2,1H3. The van der Waals surface area contributed by atoms with Gasteiger partial charge in [0.2, 0.25) is 0 Å². The Hall–Kier alpha value is -1.00. The molecular weight excluding hydrogens is 159 g/mol. The molecule has 1 heterocycles. The van der Waals surface area contributed by atoms with Crippen LogP contribution in [0.1, 0.15) is 11.7 Å². The molecule has 1 rings (SSSR count). The van der Waals surface area contributed by atoms with Gasteiger partial charge in [-0.1, -0.05) is 0 Å². The van der Waals surface area contributed by atoms with Crippen molar-refractivity contribution in [3.05, 3.63) is 29.8 Å². The topological polar surface area (TPSA) is 45.1 Å². The van der Waals surface area contributed by atoms with Crippen LogP contribution in [0.3, 0.4) is 0 Å². The van der Waals surface area contributed by atoms with E-state index in [0.29, 0.717) is 0 Å². The predicted octanol–water partition coefficient (Wildman–Crippen LogP) is 0.473. The number of aromatic nitrogens is 1. The zero-order chi connectivity index (χ0) is 8.97. The Morgan fingerprint density at radius 1 is 1.75 bits per heavy atom. The Balaban J connectivity index is 2.92. The zero-order valence-corrected chi connectivity index (χ0v) is 6.79. The van der Waals surface area contributed by atoms with E-state index >= 15 is 0 Å². The molecule has 1 aromatic heterocycles. The van der Waals surface area contributed by atoms with Crippen molar-refractivity contribution in [3.8, 4) is 0 Å². The fourth-order valence-electron chi connectivity index (χ4n) is 0.969. The third-order valence-corrected chi connectivity index (χ3v) is 1.65. The fourth-order valence-corrected chi connectivity index (χ4v) is 0.969. The second-order valence-electron chi connectivity index (χ2n) is 2.39. The molecule has 3 nitrogen and oxygen atoms in total. The van der Waals surface area contributed by atoms with Crippen LogP contribution in [0.15, 0.2) is 18.3 Å². The molecule has 0 radical (unpaired) electrons. The number of halogens is 1. The lowest BCUT2D eigenvalue weighted by atomic mass is 10.2. The maximum Gasteiger partial charge on any atom is 0.146 e. The van der Waals surface area contributed by atoms with Crippen molar-refractivity contribution in [3.63, 3.8) is 0 Å². The van der Waals surface area contributed by atoms with Crippen molar-refractivity contribution in [2.24, 2.45) is 0 Å². The van der Waals surface area contributed by atoms with Crippen molar-refractivity contribution < 1.29 is 9.50 Å². The first-order valence-corrected chi connectivity index (χ1v) is 3.68. The van der Waals surface area contributed by atoms with Gasteiger partial charge in [-0.3, -0.25) is 4.98 Å². The number of nitrogens with zero attached hydrogens (tertiary/aromatic N) is 1. The van der Waals surface area contributed by atoms with Gasteiger partial charge in [0.1, 0.15) is 5.82 Å². The summed E-state index contributed by atoms with van der Waals surface area (Å²) in [6.07, 6.45) is 1.50. The first kappa shape index (κ1) is 9.09. The molecule has 1 unspecified atom stereocenters. The first-order valence-electron chi connectivity index (χ1n) is 3.68. The third-order valence-electron chi connectivity index (χ3n) is 1.65. The molecule has 1 aromatic rings. The number of hydrogen-bond donors (Lipinski definition) is 2. The minimum Gasteiger partial charge on any atom is -0.394 e. The van der Waals surface area contributed by atoms with Gasteiger partial charge in [0.15, 0.2) is 0 Å². The summed E-state index contributed by atoms with van der Waals surface area (Å²) in [6.45, 7) is -0.162. The van der Waals surface area contributed by atoms with Gasteiger partial charge in [0.25, 0.3) is 0 Å². The Labute approximate surface area is 70.3 Å². The lowest BCUT2D eigenvalue weighted by molar-refractivity contribution is 0.245. The number of likely N-dealkylation sites (N-methyl/N-ethyl adjacent to an activating group) is 1. The van der Waals surface area contributed by atoms with Gasteiger partial charge in [-0.2, -0.15) is 0 Å². The highest BCUT2D eigenvalue weighted by Gasteiger charge is 2.12. The molecule has 0 fully saturated rings. The van der Waals surface area contributed by atoms with Crippen LogP contribution in [0.25, 0.3) is 0 Å². The van der Waals surface area contributed by atoms with Crippen molar-refractivity contribution in [1.29, 1.82) is 0 Å². The van der Waals surface area contributed by atoms with Crippen LogP contribution in [0, 0.1) is 5.82 Å². The van der Waals surface area contributed by atoms with E-state index in [9.17, 15) is 4.39 Å². The number of pyridine rings is 1. The van der Waals surface area contributed by atoms with Gasteiger partial charge in [0, 0.05) is 6.20 Å². The van der Waals surface area contributed by atoms with Crippen LogP contribution in [0.4, 0.5) is 4.39 Å².